The van der Waals surface area contributed by atoms with Gasteiger partial charge in [0.2, 0.25) is 0 Å². The van der Waals surface area contributed by atoms with Gasteiger partial charge in [0.1, 0.15) is 5.82 Å². The highest BCUT2D eigenvalue weighted by atomic mass is 32.2. The van der Waals surface area contributed by atoms with E-state index in [1.54, 1.807) is 13.0 Å². The van der Waals surface area contributed by atoms with E-state index in [4.69, 9.17) is 4.74 Å². The molecule has 1 aliphatic heterocycles. The molecule has 0 aliphatic carbocycles. The Hall–Kier alpha value is -3.43. The number of morpholine rings is 1. The molecule has 3 aromatic rings. The maximum Gasteiger partial charge on any atom is 0.261 e. The average Bonchev–Trinajstić information content (AvgIpc) is 2.85. The Kier molecular flexibility index (Phi) is 7.14. The van der Waals surface area contributed by atoms with Crippen LogP contribution < -0.4 is 14.9 Å². The molecule has 0 aromatic heterocycles. The van der Waals surface area contributed by atoms with Crippen molar-refractivity contribution in [3.63, 3.8) is 0 Å². The van der Waals surface area contributed by atoms with Gasteiger partial charge in [-0.2, -0.15) is 0 Å². The Morgan fingerprint density at radius 3 is 2.35 bits per heavy atom. The fraction of sp³-hybridized carbons (Fsp3) is 0.240. The molecule has 0 atom stereocenters. The summed E-state index contributed by atoms with van der Waals surface area (Å²) >= 11 is 0. The average molecular weight is 484 g/mol. The number of hydrogen-bond donors (Lipinski definition) is 2. The number of nitrogens with one attached hydrogen (secondary N) is 2. The van der Waals surface area contributed by atoms with E-state index in [0.29, 0.717) is 25.3 Å². The Morgan fingerprint density at radius 1 is 1.00 bits per heavy atom. The molecule has 2 N–H and O–H groups in total. The van der Waals surface area contributed by atoms with Crippen molar-refractivity contribution in [3.05, 3.63) is 89.2 Å². The van der Waals surface area contributed by atoms with Gasteiger partial charge in [0.15, 0.2) is 0 Å². The third-order valence-electron chi connectivity index (χ3n) is 5.63. The fourth-order valence-electron chi connectivity index (χ4n) is 3.67. The number of amides is 1. The lowest BCUT2D eigenvalue weighted by Crippen LogP contribution is -2.36. The van der Waals surface area contributed by atoms with Gasteiger partial charge >= 0.3 is 0 Å². The van der Waals surface area contributed by atoms with Crippen molar-refractivity contribution in [2.24, 2.45) is 0 Å². The Balaban J connectivity index is 1.43. The highest BCUT2D eigenvalue weighted by Gasteiger charge is 2.18. The molecule has 0 unspecified atom stereocenters. The van der Waals surface area contributed by atoms with Crippen molar-refractivity contribution in [3.8, 4) is 0 Å². The summed E-state index contributed by atoms with van der Waals surface area (Å²) < 4.78 is 46.4. The third kappa shape index (κ3) is 5.73. The van der Waals surface area contributed by atoms with E-state index >= 15 is 0 Å². The second-order valence-corrected chi connectivity index (χ2v) is 9.72. The Labute approximate surface area is 198 Å². The summed E-state index contributed by atoms with van der Waals surface area (Å²) in [5, 5.41) is 2.86. The second kappa shape index (κ2) is 10.2. The molecule has 0 bridgehead atoms. The smallest absolute Gasteiger partial charge is 0.261 e. The van der Waals surface area contributed by atoms with Crippen LogP contribution in [0, 0.1) is 12.7 Å². The fourth-order valence-corrected chi connectivity index (χ4v) is 4.75. The number of carbonyl (C=O) groups excluding carboxylic acids is 1. The van der Waals surface area contributed by atoms with Crippen molar-refractivity contribution in [1.29, 1.82) is 0 Å². The van der Waals surface area contributed by atoms with E-state index in [0.717, 1.165) is 24.3 Å². The van der Waals surface area contributed by atoms with Gasteiger partial charge < -0.3 is 15.0 Å². The molecule has 0 saturated carbocycles. The molecule has 1 heterocycles. The number of sulfonamides is 1. The molecule has 7 nitrogen and oxygen atoms in total. The zero-order chi connectivity index (χ0) is 24.1. The van der Waals surface area contributed by atoms with Crippen molar-refractivity contribution in [2.75, 3.05) is 35.9 Å². The van der Waals surface area contributed by atoms with Crippen LogP contribution >= 0.6 is 0 Å². The standard InChI is InChI=1S/C25H26FN3O4S/c1-18-2-11-23(34(31,32)28-21-7-5-20(26)6-8-21)16-24(18)25(30)27-17-19-3-9-22(10-4-19)29-12-14-33-15-13-29/h2-11,16,28H,12-15,17H2,1H3,(H,27,30). The molecular weight excluding hydrogens is 457 g/mol. The summed E-state index contributed by atoms with van der Waals surface area (Å²) in [5.41, 5.74) is 3.20. The SMILES string of the molecule is Cc1ccc(S(=O)(=O)Nc2ccc(F)cc2)cc1C(=O)NCc1ccc(N2CCOCC2)cc1. The lowest BCUT2D eigenvalue weighted by molar-refractivity contribution is 0.0950. The molecule has 1 saturated heterocycles. The molecular formula is C25H26FN3O4S. The number of rotatable bonds is 7. The van der Waals surface area contributed by atoms with Crippen molar-refractivity contribution in [2.45, 2.75) is 18.4 Å². The van der Waals surface area contributed by atoms with Crippen LogP contribution in [0.2, 0.25) is 0 Å². The minimum Gasteiger partial charge on any atom is -0.378 e. The van der Waals surface area contributed by atoms with Crippen LogP contribution in [0.5, 0.6) is 0 Å². The van der Waals surface area contributed by atoms with Crippen LogP contribution in [0.4, 0.5) is 15.8 Å². The summed E-state index contributed by atoms with van der Waals surface area (Å²) in [6.45, 7) is 5.19. The molecule has 34 heavy (non-hydrogen) atoms. The summed E-state index contributed by atoms with van der Waals surface area (Å²) in [6, 6.07) is 17.3. The first kappa shape index (κ1) is 23.7. The molecule has 9 heteroatoms. The van der Waals surface area contributed by atoms with Gasteiger partial charge in [-0.3, -0.25) is 9.52 Å². The molecule has 0 radical (unpaired) electrons. The van der Waals surface area contributed by atoms with Gasteiger partial charge in [-0.05, 0) is 66.6 Å². The quantitative estimate of drug-likeness (QED) is 0.535. The van der Waals surface area contributed by atoms with Crippen LogP contribution in [0.25, 0.3) is 0 Å². The predicted octanol–water partition coefficient (Wildman–Crippen LogP) is 3.70. The highest BCUT2D eigenvalue weighted by molar-refractivity contribution is 7.92. The number of aryl methyl sites for hydroxylation is 1. The number of carbonyl (C=O) groups is 1. The molecule has 1 fully saturated rings. The molecule has 3 aromatic carbocycles. The number of benzene rings is 3. The number of halogens is 1. The van der Waals surface area contributed by atoms with Crippen LogP contribution in [0.1, 0.15) is 21.5 Å². The van der Waals surface area contributed by atoms with Gasteiger partial charge in [0.05, 0.1) is 18.1 Å². The van der Waals surface area contributed by atoms with Gasteiger partial charge in [0, 0.05) is 36.6 Å². The summed E-state index contributed by atoms with van der Waals surface area (Å²) in [4.78, 5) is 15.0. The minimum atomic E-state index is -3.95. The molecule has 4 rings (SSSR count). The summed E-state index contributed by atoms with van der Waals surface area (Å²) in [7, 11) is -3.95. The van der Waals surface area contributed by atoms with Gasteiger partial charge in [0.25, 0.3) is 15.9 Å². The van der Waals surface area contributed by atoms with E-state index in [2.05, 4.69) is 14.9 Å². The van der Waals surface area contributed by atoms with E-state index in [1.807, 2.05) is 24.3 Å². The lowest BCUT2D eigenvalue weighted by atomic mass is 10.1. The first-order valence-corrected chi connectivity index (χ1v) is 12.4. The molecule has 178 valence electrons. The largest absolute Gasteiger partial charge is 0.378 e. The number of nitrogens with zero attached hydrogens (tertiary/aromatic N) is 1. The van der Waals surface area contributed by atoms with Crippen molar-refractivity contribution >= 4 is 27.3 Å². The van der Waals surface area contributed by atoms with E-state index in [1.165, 1.54) is 36.4 Å². The topological polar surface area (TPSA) is 87.7 Å². The zero-order valence-electron chi connectivity index (χ0n) is 18.8. The predicted molar refractivity (Wildman–Crippen MR) is 129 cm³/mol. The number of ether oxygens (including phenoxy) is 1. The monoisotopic (exact) mass is 483 g/mol. The Morgan fingerprint density at radius 2 is 1.68 bits per heavy atom. The third-order valence-corrected chi connectivity index (χ3v) is 7.01. The maximum atomic E-state index is 13.1. The van der Waals surface area contributed by atoms with E-state index in [-0.39, 0.29) is 22.1 Å². The van der Waals surface area contributed by atoms with Crippen LogP contribution in [-0.4, -0.2) is 40.6 Å². The first-order valence-electron chi connectivity index (χ1n) is 10.9. The zero-order valence-corrected chi connectivity index (χ0v) is 19.6. The van der Waals surface area contributed by atoms with Crippen LogP contribution in [0.3, 0.4) is 0 Å². The van der Waals surface area contributed by atoms with Gasteiger partial charge in [-0.15, -0.1) is 0 Å². The first-order chi connectivity index (χ1) is 16.3. The van der Waals surface area contributed by atoms with Gasteiger partial charge in [-0.25, -0.2) is 12.8 Å². The number of anilines is 2. The summed E-state index contributed by atoms with van der Waals surface area (Å²) in [5.74, 6) is -0.832. The number of hydrogen-bond acceptors (Lipinski definition) is 5. The molecule has 1 amide bonds. The Bertz CT molecular complexity index is 1260. The lowest BCUT2D eigenvalue weighted by Gasteiger charge is -2.28. The van der Waals surface area contributed by atoms with Crippen LogP contribution in [0.15, 0.2) is 71.6 Å². The summed E-state index contributed by atoms with van der Waals surface area (Å²) in [6.07, 6.45) is 0. The minimum absolute atomic E-state index is 0.0533. The van der Waals surface area contributed by atoms with Crippen molar-refractivity contribution < 1.29 is 22.3 Å². The van der Waals surface area contributed by atoms with Crippen molar-refractivity contribution in [1.82, 2.24) is 5.32 Å². The van der Waals surface area contributed by atoms with Crippen LogP contribution in [-0.2, 0) is 21.3 Å². The molecule has 1 aliphatic rings. The van der Waals surface area contributed by atoms with Gasteiger partial charge in [-0.1, -0.05) is 18.2 Å². The normalized spacial score (nSPS) is 14.0. The highest BCUT2D eigenvalue weighted by Crippen LogP contribution is 2.20. The molecule has 0 spiro atoms. The second-order valence-electron chi connectivity index (χ2n) is 8.04. The van der Waals surface area contributed by atoms with E-state index in [9.17, 15) is 17.6 Å². The maximum absolute atomic E-state index is 13.1. The van der Waals surface area contributed by atoms with E-state index < -0.39 is 15.8 Å².